The largest absolute Gasteiger partial charge is 0.238 e. The average molecular weight is 203 g/mol. The van der Waals surface area contributed by atoms with Gasteiger partial charge < -0.3 is 0 Å². The zero-order valence-electron chi connectivity index (χ0n) is 4.11. The van der Waals surface area contributed by atoms with E-state index in [1.807, 2.05) is 0 Å². The third kappa shape index (κ3) is 3.01. The number of hydrogen-bond donors (Lipinski definition) is 0. The van der Waals surface area contributed by atoms with Gasteiger partial charge in [0, 0.05) is 17.1 Å². The number of rotatable bonds is 0. The van der Waals surface area contributed by atoms with E-state index in [1.54, 1.807) is 0 Å². The standard InChI is InChI=1S/C4HCl2N2.Mn/c5-3-1-2-4(6)8-7-3;/h1H;/q-1;. The van der Waals surface area contributed by atoms with Crippen LogP contribution in [0.3, 0.4) is 0 Å². The van der Waals surface area contributed by atoms with E-state index >= 15 is 0 Å². The van der Waals surface area contributed by atoms with Gasteiger partial charge >= 0.3 is 0 Å². The van der Waals surface area contributed by atoms with E-state index in [0.717, 1.165) is 0 Å². The Bertz CT molecular complexity index is 155. The van der Waals surface area contributed by atoms with Crippen molar-refractivity contribution in [2.45, 2.75) is 0 Å². The molecule has 0 fully saturated rings. The molecule has 5 heteroatoms. The molecule has 0 atom stereocenters. The molecule has 2 nitrogen and oxygen atoms in total. The molecule has 0 saturated carbocycles. The molecule has 1 rings (SSSR count). The van der Waals surface area contributed by atoms with Crippen molar-refractivity contribution >= 4 is 23.2 Å². The summed E-state index contributed by atoms with van der Waals surface area (Å²) in [6, 6.07) is 4.01. The first-order valence-electron chi connectivity index (χ1n) is 1.85. The summed E-state index contributed by atoms with van der Waals surface area (Å²) in [6.45, 7) is 0. The van der Waals surface area contributed by atoms with Crippen LogP contribution in [-0.2, 0) is 17.1 Å². The van der Waals surface area contributed by atoms with Crippen molar-refractivity contribution in [1.29, 1.82) is 0 Å². The predicted octanol–water partition coefficient (Wildman–Crippen LogP) is 1.58. The third-order valence-corrected chi connectivity index (χ3v) is 0.913. The van der Waals surface area contributed by atoms with Gasteiger partial charge in [-0.25, -0.2) is 11.2 Å². The Morgan fingerprint density at radius 2 is 2.00 bits per heavy atom. The molecular weight excluding hydrogens is 202 g/mol. The molecule has 0 amide bonds. The zero-order chi connectivity index (χ0) is 5.98. The van der Waals surface area contributed by atoms with E-state index in [-0.39, 0.29) is 22.2 Å². The summed E-state index contributed by atoms with van der Waals surface area (Å²) in [5.74, 6) is 0. The molecule has 9 heavy (non-hydrogen) atoms. The van der Waals surface area contributed by atoms with Crippen LogP contribution in [0.15, 0.2) is 6.07 Å². The Hall–Kier alpha value is 0.179. The molecule has 0 aliphatic rings. The normalized spacial score (nSPS) is 8.22. The Morgan fingerprint density at radius 3 is 2.33 bits per heavy atom. The minimum Gasteiger partial charge on any atom is -0.238 e. The quantitative estimate of drug-likeness (QED) is 0.472. The van der Waals surface area contributed by atoms with Crippen LogP contribution < -0.4 is 0 Å². The summed E-state index contributed by atoms with van der Waals surface area (Å²) in [5, 5.41) is 7.37. The maximum absolute atomic E-state index is 5.35. The third-order valence-electron chi connectivity index (χ3n) is 0.544. The van der Waals surface area contributed by atoms with Gasteiger partial charge in [-0.1, -0.05) is 11.6 Å². The number of hydrogen-bond acceptors (Lipinski definition) is 2. The molecule has 0 aromatic carbocycles. The van der Waals surface area contributed by atoms with Crippen LogP contribution >= 0.6 is 23.2 Å². The van der Waals surface area contributed by atoms with Crippen molar-refractivity contribution < 1.29 is 17.1 Å². The van der Waals surface area contributed by atoms with Crippen molar-refractivity contribution in [3.8, 4) is 0 Å². The number of nitrogens with zero attached hydrogens (tertiary/aromatic N) is 2. The fourth-order valence-corrected chi connectivity index (χ4v) is 0.453. The van der Waals surface area contributed by atoms with Crippen LogP contribution in [-0.4, -0.2) is 10.2 Å². The maximum atomic E-state index is 5.35. The van der Waals surface area contributed by atoms with E-state index in [2.05, 4.69) is 16.3 Å². The zero-order valence-corrected chi connectivity index (χ0v) is 6.80. The molecular formula is C4HCl2MnN2-. The smallest absolute Gasteiger partial charge is 0.0605 e. The Kier molecular flexibility index (Phi) is 4.15. The van der Waals surface area contributed by atoms with Crippen LogP contribution in [0, 0.1) is 6.07 Å². The summed E-state index contributed by atoms with van der Waals surface area (Å²) >= 11 is 10.7. The molecule has 1 aromatic rings. The summed E-state index contributed by atoms with van der Waals surface area (Å²) in [4.78, 5) is 0. The SMILES string of the molecule is Clc1[c-]cc(Cl)nn1.[Mn]. The minimum absolute atomic E-state index is 0. The van der Waals surface area contributed by atoms with Crippen molar-refractivity contribution in [2.75, 3.05) is 0 Å². The molecule has 0 unspecified atom stereocenters. The van der Waals surface area contributed by atoms with Gasteiger partial charge in [-0.3, -0.25) is 0 Å². The number of aromatic nitrogens is 2. The summed E-state index contributed by atoms with van der Waals surface area (Å²) in [6.07, 6.45) is 0. The van der Waals surface area contributed by atoms with Gasteiger partial charge in [0.15, 0.2) is 0 Å². The molecule has 0 N–H and O–H groups in total. The van der Waals surface area contributed by atoms with Gasteiger partial charge in [-0.15, -0.1) is 0 Å². The van der Waals surface area contributed by atoms with E-state index in [0.29, 0.717) is 5.15 Å². The van der Waals surface area contributed by atoms with E-state index in [9.17, 15) is 0 Å². The first kappa shape index (κ1) is 9.18. The second kappa shape index (κ2) is 4.07. The molecule has 0 aliphatic heterocycles. The van der Waals surface area contributed by atoms with Crippen molar-refractivity contribution in [3.05, 3.63) is 22.4 Å². The molecule has 0 saturated heterocycles. The monoisotopic (exact) mass is 202 g/mol. The summed E-state index contributed by atoms with van der Waals surface area (Å²) in [7, 11) is 0. The first-order chi connectivity index (χ1) is 3.79. The van der Waals surface area contributed by atoms with Crippen LogP contribution in [0.5, 0.6) is 0 Å². The van der Waals surface area contributed by atoms with Gasteiger partial charge in [0.25, 0.3) is 0 Å². The van der Waals surface area contributed by atoms with Gasteiger partial charge in [0.1, 0.15) is 0 Å². The van der Waals surface area contributed by atoms with Gasteiger partial charge in [0.2, 0.25) is 0 Å². The van der Waals surface area contributed by atoms with Crippen LogP contribution in [0.2, 0.25) is 10.3 Å². The van der Waals surface area contributed by atoms with Gasteiger partial charge in [-0.05, 0) is 5.15 Å². The van der Waals surface area contributed by atoms with E-state index in [4.69, 9.17) is 23.2 Å². The van der Waals surface area contributed by atoms with Crippen LogP contribution in [0.4, 0.5) is 0 Å². The molecule has 49 valence electrons. The molecule has 1 radical (unpaired) electrons. The number of halogens is 2. The van der Waals surface area contributed by atoms with Crippen molar-refractivity contribution in [1.82, 2.24) is 10.2 Å². The molecule has 0 bridgehead atoms. The van der Waals surface area contributed by atoms with Gasteiger partial charge in [-0.2, -0.15) is 22.8 Å². The van der Waals surface area contributed by atoms with Crippen LogP contribution in [0.1, 0.15) is 0 Å². The Labute approximate surface area is 73.0 Å². The van der Waals surface area contributed by atoms with E-state index in [1.165, 1.54) is 6.07 Å². The maximum Gasteiger partial charge on any atom is 0.0605 e. The Morgan fingerprint density at radius 1 is 1.33 bits per heavy atom. The van der Waals surface area contributed by atoms with Crippen molar-refractivity contribution in [2.24, 2.45) is 0 Å². The van der Waals surface area contributed by atoms with E-state index < -0.39 is 0 Å². The fraction of sp³-hybridized carbons (Fsp3) is 0. The molecule has 0 spiro atoms. The molecule has 1 heterocycles. The average Bonchev–Trinajstić information content (AvgIpc) is 1.77. The summed E-state index contributed by atoms with van der Waals surface area (Å²) in [5.41, 5.74) is 0. The van der Waals surface area contributed by atoms with Gasteiger partial charge in [0.05, 0.1) is 5.15 Å². The molecule has 1 aromatic heterocycles. The van der Waals surface area contributed by atoms with Crippen molar-refractivity contribution in [3.63, 3.8) is 0 Å². The Balaban J connectivity index is 0.000000640. The fourth-order valence-electron chi connectivity index (χ4n) is 0.269. The molecule has 0 aliphatic carbocycles. The second-order valence-corrected chi connectivity index (χ2v) is 1.85. The second-order valence-electron chi connectivity index (χ2n) is 1.10. The van der Waals surface area contributed by atoms with Crippen LogP contribution in [0.25, 0.3) is 0 Å². The first-order valence-corrected chi connectivity index (χ1v) is 2.61. The summed E-state index contributed by atoms with van der Waals surface area (Å²) < 4.78 is 0. The minimum atomic E-state index is 0. The topological polar surface area (TPSA) is 25.8 Å². The predicted molar refractivity (Wildman–Crippen MR) is 30.9 cm³/mol.